The summed E-state index contributed by atoms with van der Waals surface area (Å²) in [4.78, 5) is 5.31. The van der Waals surface area contributed by atoms with Gasteiger partial charge in [0.2, 0.25) is 0 Å². The van der Waals surface area contributed by atoms with Crippen molar-refractivity contribution in [2.75, 3.05) is 9.80 Å². The molecule has 2 nitrogen and oxygen atoms in total. The molecule has 1 heterocycles. The van der Waals surface area contributed by atoms with Crippen LogP contribution in [0.2, 0.25) is 0 Å². The van der Waals surface area contributed by atoms with E-state index in [1.54, 1.807) is 0 Å². The molecule has 8 aliphatic rings. The van der Waals surface area contributed by atoms with Crippen LogP contribution in [0.15, 0.2) is 203 Å². The zero-order valence-corrected chi connectivity index (χ0v) is 33.3. The first-order chi connectivity index (χ1) is 28.0. The molecule has 0 N–H and O–H groups in total. The highest BCUT2D eigenvalue weighted by Crippen LogP contribution is 2.58. The molecule has 11 rings (SSSR count). The van der Waals surface area contributed by atoms with Gasteiger partial charge >= 0.3 is 0 Å². The Bertz CT molecular complexity index is 2480. The van der Waals surface area contributed by atoms with E-state index in [1.807, 2.05) is 0 Å². The molecule has 0 spiro atoms. The first kappa shape index (κ1) is 34.6. The van der Waals surface area contributed by atoms with E-state index in [1.165, 1.54) is 72.9 Å². The molecule has 5 atom stereocenters. The fourth-order valence-electron chi connectivity index (χ4n) is 11.3. The van der Waals surface area contributed by atoms with Crippen LogP contribution in [0.4, 0.5) is 17.1 Å². The molecular formula is C55H52N2. The molecule has 3 aromatic carbocycles. The summed E-state index contributed by atoms with van der Waals surface area (Å²) < 4.78 is 0. The van der Waals surface area contributed by atoms with Crippen LogP contribution in [-0.4, -0.2) is 12.1 Å². The maximum absolute atomic E-state index is 2.71. The molecule has 3 aromatic rings. The second kappa shape index (κ2) is 13.8. The van der Waals surface area contributed by atoms with Crippen molar-refractivity contribution < 1.29 is 0 Å². The van der Waals surface area contributed by atoms with Crippen molar-refractivity contribution in [3.63, 3.8) is 0 Å². The number of rotatable bonds is 6. The van der Waals surface area contributed by atoms with Crippen molar-refractivity contribution in [1.82, 2.24) is 0 Å². The third-order valence-electron chi connectivity index (χ3n) is 14.3. The number of fused-ring (bicyclic) bond motifs is 6. The Balaban J connectivity index is 0.966. The van der Waals surface area contributed by atoms with Crippen LogP contribution < -0.4 is 9.80 Å². The lowest BCUT2D eigenvalue weighted by Crippen LogP contribution is -2.34. The Labute approximate surface area is 339 Å². The molecule has 1 saturated carbocycles. The Morgan fingerprint density at radius 3 is 2.35 bits per heavy atom. The number of nitrogens with zero attached hydrogens (tertiary/aromatic N) is 2. The molecule has 0 saturated heterocycles. The summed E-state index contributed by atoms with van der Waals surface area (Å²) in [5, 5.41) is 0. The highest BCUT2D eigenvalue weighted by Gasteiger charge is 2.47. The van der Waals surface area contributed by atoms with Crippen molar-refractivity contribution in [2.24, 2.45) is 17.3 Å². The maximum Gasteiger partial charge on any atom is 0.0629 e. The standard InChI is InChI=1S/C55H52N2/c1-55(2)50-21-11-8-19-46(50)47-33-32-44(36-51(47)55)56(42-28-24-38(25-29-42)37-14-4-3-5-15-37)43-30-26-39(27-31-43)45-18-9-12-22-52(45)57-53-23-13-10-20-48(53)49-34-40-16-6-7-17-41(40)35-54(49)57/h3-6,8-12,14,16,18-20,22,24-31,33-37,44,49-50,54H,7,13,15,17,21,23,32H2,1-2H3. The minimum absolute atomic E-state index is 0.0996. The summed E-state index contributed by atoms with van der Waals surface area (Å²) in [5.74, 6) is 1.38. The summed E-state index contributed by atoms with van der Waals surface area (Å²) >= 11 is 0. The van der Waals surface area contributed by atoms with Crippen LogP contribution >= 0.6 is 0 Å². The topological polar surface area (TPSA) is 6.48 Å². The van der Waals surface area contributed by atoms with E-state index in [9.17, 15) is 0 Å². The minimum Gasteiger partial charge on any atom is -0.336 e. The summed E-state index contributed by atoms with van der Waals surface area (Å²) in [6, 6.07) is 28.6. The van der Waals surface area contributed by atoms with Gasteiger partial charge in [0, 0.05) is 40.2 Å². The first-order valence-electron chi connectivity index (χ1n) is 21.5. The number of hydrogen-bond donors (Lipinski definition) is 0. The van der Waals surface area contributed by atoms with Crippen molar-refractivity contribution in [3.8, 4) is 11.1 Å². The summed E-state index contributed by atoms with van der Waals surface area (Å²) in [6.07, 6.45) is 43.5. The van der Waals surface area contributed by atoms with Gasteiger partial charge in [0.05, 0.1) is 12.1 Å². The smallest absolute Gasteiger partial charge is 0.0629 e. The summed E-state index contributed by atoms with van der Waals surface area (Å²) in [7, 11) is 0. The number of benzene rings is 3. The van der Waals surface area contributed by atoms with E-state index >= 15 is 0 Å². The third kappa shape index (κ3) is 5.74. The second-order valence-corrected chi connectivity index (χ2v) is 17.7. The average molecular weight is 741 g/mol. The zero-order valence-electron chi connectivity index (χ0n) is 33.3. The molecule has 2 heteroatoms. The fraction of sp³-hybridized carbons (Fsp3) is 0.273. The van der Waals surface area contributed by atoms with Gasteiger partial charge in [0.1, 0.15) is 0 Å². The third-order valence-corrected chi connectivity index (χ3v) is 14.3. The Morgan fingerprint density at radius 1 is 0.719 bits per heavy atom. The monoisotopic (exact) mass is 740 g/mol. The highest BCUT2D eigenvalue weighted by molar-refractivity contribution is 5.83. The zero-order chi connectivity index (χ0) is 38.1. The lowest BCUT2D eigenvalue weighted by Gasteiger charge is -2.36. The van der Waals surface area contributed by atoms with Gasteiger partial charge in [0.25, 0.3) is 0 Å². The molecule has 0 bridgehead atoms. The lowest BCUT2D eigenvalue weighted by atomic mass is 9.74. The number of para-hydroxylation sites is 1. The molecule has 282 valence electrons. The quantitative estimate of drug-likeness (QED) is 0.248. The van der Waals surface area contributed by atoms with Gasteiger partial charge in [-0.25, -0.2) is 0 Å². The maximum atomic E-state index is 2.71. The van der Waals surface area contributed by atoms with Gasteiger partial charge in [-0.3, -0.25) is 0 Å². The lowest BCUT2D eigenvalue weighted by molar-refractivity contribution is 0.341. The number of anilines is 3. The van der Waals surface area contributed by atoms with E-state index in [-0.39, 0.29) is 11.5 Å². The predicted octanol–water partition coefficient (Wildman–Crippen LogP) is 13.9. The average Bonchev–Trinajstić information content (AvgIpc) is 3.71. The Hall–Kier alpha value is -5.60. The molecule has 0 aromatic heterocycles. The van der Waals surface area contributed by atoms with Crippen molar-refractivity contribution in [3.05, 3.63) is 209 Å². The van der Waals surface area contributed by atoms with E-state index in [0.717, 1.165) is 44.9 Å². The molecule has 57 heavy (non-hydrogen) atoms. The minimum atomic E-state index is 0.0996. The largest absolute Gasteiger partial charge is 0.336 e. The molecule has 5 unspecified atom stereocenters. The summed E-state index contributed by atoms with van der Waals surface area (Å²) in [6.45, 7) is 4.93. The molecule has 1 aliphatic heterocycles. The van der Waals surface area contributed by atoms with Crippen LogP contribution in [0, 0.1) is 17.3 Å². The van der Waals surface area contributed by atoms with Crippen LogP contribution in [0.5, 0.6) is 0 Å². The highest BCUT2D eigenvalue weighted by atomic mass is 15.2. The molecule has 1 fully saturated rings. The first-order valence-corrected chi connectivity index (χ1v) is 21.5. The molecule has 7 aliphatic carbocycles. The molecular weight excluding hydrogens is 689 g/mol. The van der Waals surface area contributed by atoms with E-state index in [2.05, 4.69) is 188 Å². The van der Waals surface area contributed by atoms with Crippen molar-refractivity contribution in [2.45, 2.75) is 76.8 Å². The van der Waals surface area contributed by atoms with Crippen molar-refractivity contribution in [1.29, 1.82) is 0 Å². The molecule has 0 radical (unpaired) electrons. The normalized spacial score (nSPS) is 27.4. The van der Waals surface area contributed by atoms with Gasteiger partial charge in [-0.1, -0.05) is 147 Å². The second-order valence-electron chi connectivity index (χ2n) is 17.7. The van der Waals surface area contributed by atoms with Gasteiger partial charge in [-0.2, -0.15) is 0 Å². The van der Waals surface area contributed by atoms with Crippen LogP contribution in [0.25, 0.3) is 11.1 Å². The van der Waals surface area contributed by atoms with Gasteiger partial charge in [-0.15, -0.1) is 0 Å². The van der Waals surface area contributed by atoms with E-state index < -0.39 is 0 Å². The number of allylic oxidation sites excluding steroid dienone is 17. The Kier molecular flexibility index (Phi) is 8.39. The van der Waals surface area contributed by atoms with E-state index in [0.29, 0.717) is 23.8 Å². The fourth-order valence-corrected chi connectivity index (χ4v) is 11.3. The van der Waals surface area contributed by atoms with Gasteiger partial charge in [-0.05, 0) is 131 Å². The Morgan fingerprint density at radius 2 is 1.51 bits per heavy atom. The summed E-state index contributed by atoms with van der Waals surface area (Å²) in [5.41, 5.74) is 18.4. The predicted molar refractivity (Wildman–Crippen MR) is 239 cm³/mol. The SMILES string of the molecule is CC1(C)C2=CC(N(c3ccc(-c4ccccc4N4C5=C(C=CCC5)C5C=C6C=CCCC6=CC54)cc3)c3ccc(C4C=CC=CC4)cc3)CC=C2C2=CC=CCC21. The van der Waals surface area contributed by atoms with Crippen LogP contribution in [0.3, 0.4) is 0 Å². The van der Waals surface area contributed by atoms with Gasteiger partial charge in [0.15, 0.2) is 0 Å². The van der Waals surface area contributed by atoms with Gasteiger partial charge < -0.3 is 9.80 Å². The van der Waals surface area contributed by atoms with Crippen molar-refractivity contribution >= 4 is 17.1 Å². The van der Waals surface area contributed by atoms with Crippen LogP contribution in [-0.2, 0) is 0 Å². The van der Waals surface area contributed by atoms with Crippen LogP contribution in [0.1, 0.15) is 70.3 Å². The van der Waals surface area contributed by atoms with E-state index in [4.69, 9.17) is 0 Å². The molecule has 0 amide bonds. The number of hydrogen-bond acceptors (Lipinski definition) is 2.